The van der Waals surface area contributed by atoms with Gasteiger partial charge in [0.15, 0.2) is 18.3 Å². The van der Waals surface area contributed by atoms with Crippen molar-refractivity contribution in [2.24, 2.45) is 0 Å². The van der Waals surface area contributed by atoms with Crippen LogP contribution in [-0.2, 0) is 47.0 Å². The average Bonchev–Trinajstić information content (AvgIpc) is 2.54. The molecule has 154 valence electrons. The minimum Gasteiger partial charge on any atom is -0.463 e. The van der Waals surface area contributed by atoms with Gasteiger partial charge >= 0.3 is 23.9 Å². The molecule has 0 aliphatic carbocycles. The van der Waals surface area contributed by atoms with Gasteiger partial charge < -0.3 is 23.7 Å². The standard InChI is InChI=1S/C16H24O10S/c1-6-27-26-16-15(24-11(5)20)14(23-10(4)19)13(22-9(3)18)12(25-16)7-21-8(2)17/h12-16H,6-7H2,1-5H3/t12-,13-,14+,15+,16-/m1/s1. The van der Waals surface area contributed by atoms with E-state index < -0.39 is 54.6 Å². The first kappa shape index (κ1) is 23.2. The van der Waals surface area contributed by atoms with Gasteiger partial charge in [-0.05, 0) is 12.0 Å². The average molecular weight is 408 g/mol. The molecule has 10 nitrogen and oxygen atoms in total. The second-order valence-corrected chi connectivity index (χ2v) is 6.58. The fourth-order valence-corrected chi connectivity index (χ4v) is 2.83. The Labute approximate surface area is 161 Å². The number of ether oxygens (including phenoxy) is 5. The van der Waals surface area contributed by atoms with Crippen LogP contribution in [0.1, 0.15) is 34.6 Å². The molecule has 0 radical (unpaired) electrons. The highest BCUT2D eigenvalue weighted by atomic mass is 32.2. The Balaban J connectivity index is 3.22. The minimum atomic E-state index is -1.22. The second-order valence-electron chi connectivity index (χ2n) is 5.57. The molecule has 11 heteroatoms. The van der Waals surface area contributed by atoms with Crippen molar-refractivity contribution in [3.8, 4) is 0 Å². The summed E-state index contributed by atoms with van der Waals surface area (Å²) in [6, 6.07) is 0. The Morgan fingerprint density at radius 3 is 1.81 bits per heavy atom. The third-order valence-corrected chi connectivity index (χ3v) is 3.79. The first-order chi connectivity index (χ1) is 12.6. The lowest BCUT2D eigenvalue weighted by atomic mass is 9.98. The lowest BCUT2D eigenvalue weighted by molar-refractivity contribution is -0.286. The van der Waals surface area contributed by atoms with E-state index >= 15 is 0 Å². The van der Waals surface area contributed by atoms with Gasteiger partial charge in [-0.3, -0.25) is 23.4 Å². The van der Waals surface area contributed by atoms with Crippen LogP contribution in [0, 0.1) is 0 Å². The van der Waals surface area contributed by atoms with Crippen LogP contribution in [0.4, 0.5) is 0 Å². The molecule has 0 bridgehead atoms. The van der Waals surface area contributed by atoms with Gasteiger partial charge in [-0.15, -0.1) is 0 Å². The maximum Gasteiger partial charge on any atom is 0.303 e. The van der Waals surface area contributed by atoms with E-state index in [9.17, 15) is 19.2 Å². The highest BCUT2D eigenvalue weighted by Gasteiger charge is 2.52. The maximum absolute atomic E-state index is 11.6. The first-order valence-electron chi connectivity index (χ1n) is 8.24. The van der Waals surface area contributed by atoms with E-state index in [2.05, 4.69) is 0 Å². The summed E-state index contributed by atoms with van der Waals surface area (Å²) in [7, 11) is 0. The van der Waals surface area contributed by atoms with Crippen LogP contribution >= 0.6 is 12.0 Å². The molecule has 1 aliphatic rings. The third-order valence-electron chi connectivity index (χ3n) is 3.23. The van der Waals surface area contributed by atoms with Crippen LogP contribution in [0.2, 0.25) is 0 Å². The van der Waals surface area contributed by atoms with E-state index in [1.54, 1.807) is 0 Å². The second kappa shape index (κ2) is 11.1. The highest BCUT2D eigenvalue weighted by molar-refractivity contribution is 7.94. The number of esters is 4. The predicted molar refractivity (Wildman–Crippen MR) is 91.2 cm³/mol. The molecule has 1 saturated heterocycles. The topological polar surface area (TPSA) is 124 Å². The van der Waals surface area contributed by atoms with E-state index in [1.165, 1.54) is 13.8 Å². The fraction of sp³-hybridized carbons (Fsp3) is 0.750. The molecular weight excluding hydrogens is 384 g/mol. The normalized spacial score (nSPS) is 27.4. The number of hydrogen-bond donors (Lipinski definition) is 0. The summed E-state index contributed by atoms with van der Waals surface area (Å²) in [5, 5.41) is 0. The van der Waals surface area contributed by atoms with Crippen LogP contribution < -0.4 is 0 Å². The molecule has 0 spiro atoms. The van der Waals surface area contributed by atoms with Crippen molar-refractivity contribution >= 4 is 35.9 Å². The molecule has 1 aliphatic heterocycles. The summed E-state index contributed by atoms with van der Waals surface area (Å²) in [4.78, 5) is 45.8. The maximum atomic E-state index is 11.6. The smallest absolute Gasteiger partial charge is 0.303 e. The van der Waals surface area contributed by atoms with Gasteiger partial charge in [-0.1, -0.05) is 6.92 Å². The molecule has 1 fully saturated rings. The molecule has 0 aromatic rings. The van der Waals surface area contributed by atoms with E-state index in [0.29, 0.717) is 5.75 Å². The molecule has 1 heterocycles. The number of hydrogen-bond acceptors (Lipinski definition) is 11. The Kier molecular flexibility index (Phi) is 9.53. The quantitative estimate of drug-likeness (QED) is 0.321. The number of carbonyl (C=O) groups is 4. The molecule has 0 saturated carbocycles. The molecule has 27 heavy (non-hydrogen) atoms. The van der Waals surface area contributed by atoms with Gasteiger partial charge in [-0.25, -0.2) is 0 Å². The Morgan fingerprint density at radius 2 is 1.33 bits per heavy atom. The van der Waals surface area contributed by atoms with Crippen LogP contribution in [-0.4, -0.2) is 66.9 Å². The van der Waals surface area contributed by atoms with Gasteiger partial charge in [0.25, 0.3) is 0 Å². The van der Waals surface area contributed by atoms with Crippen molar-refractivity contribution in [2.45, 2.75) is 65.3 Å². The monoisotopic (exact) mass is 408 g/mol. The zero-order valence-electron chi connectivity index (χ0n) is 15.8. The van der Waals surface area contributed by atoms with Crippen LogP contribution in [0.25, 0.3) is 0 Å². The zero-order valence-corrected chi connectivity index (χ0v) is 16.6. The van der Waals surface area contributed by atoms with Gasteiger partial charge in [0, 0.05) is 33.4 Å². The van der Waals surface area contributed by atoms with Crippen LogP contribution in [0.15, 0.2) is 0 Å². The van der Waals surface area contributed by atoms with Gasteiger partial charge in [-0.2, -0.15) is 0 Å². The van der Waals surface area contributed by atoms with E-state index in [4.69, 9.17) is 27.9 Å². The molecule has 1 rings (SSSR count). The fourth-order valence-electron chi connectivity index (χ4n) is 2.40. The molecular formula is C16H24O10S. The molecule has 0 aromatic carbocycles. The van der Waals surface area contributed by atoms with Crippen LogP contribution in [0.3, 0.4) is 0 Å². The summed E-state index contributed by atoms with van der Waals surface area (Å²) < 4.78 is 31.9. The molecule has 0 aromatic heterocycles. The Bertz CT molecular complexity index is 551. The first-order valence-corrected chi connectivity index (χ1v) is 9.15. The lowest BCUT2D eigenvalue weighted by Gasteiger charge is -2.43. The van der Waals surface area contributed by atoms with Crippen molar-refractivity contribution in [3.63, 3.8) is 0 Å². The van der Waals surface area contributed by atoms with Crippen molar-refractivity contribution in [3.05, 3.63) is 0 Å². The summed E-state index contributed by atoms with van der Waals surface area (Å²) in [5.41, 5.74) is 0. The van der Waals surface area contributed by atoms with Crippen molar-refractivity contribution in [2.75, 3.05) is 12.4 Å². The summed E-state index contributed by atoms with van der Waals surface area (Å²) in [5.74, 6) is -2.06. The van der Waals surface area contributed by atoms with Gasteiger partial charge in [0.1, 0.15) is 12.7 Å². The van der Waals surface area contributed by atoms with Crippen molar-refractivity contribution < 1.29 is 47.0 Å². The zero-order chi connectivity index (χ0) is 20.6. The van der Waals surface area contributed by atoms with Gasteiger partial charge in [0.2, 0.25) is 6.29 Å². The summed E-state index contributed by atoms with van der Waals surface area (Å²) >= 11 is 1.04. The molecule has 0 N–H and O–H groups in total. The highest BCUT2D eigenvalue weighted by Crippen LogP contribution is 2.31. The molecule has 5 atom stereocenters. The van der Waals surface area contributed by atoms with E-state index in [1.807, 2.05) is 6.92 Å². The van der Waals surface area contributed by atoms with Gasteiger partial charge in [0.05, 0.1) is 0 Å². The Hall–Kier alpha value is -1.85. The van der Waals surface area contributed by atoms with E-state index in [-0.39, 0.29) is 6.61 Å². The van der Waals surface area contributed by atoms with Crippen molar-refractivity contribution in [1.82, 2.24) is 0 Å². The third kappa shape index (κ3) is 7.73. The Morgan fingerprint density at radius 1 is 0.815 bits per heavy atom. The number of rotatable bonds is 8. The largest absolute Gasteiger partial charge is 0.463 e. The summed E-state index contributed by atoms with van der Waals surface area (Å²) in [6.07, 6.45) is -5.73. The predicted octanol–water partition coefficient (Wildman–Crippen LogP) is 0.754. The molecule has 0 unspecified atom stereocenters. The number of carbonyl (C=O) groups excluding carboxylic acids is 4. The van der Waals surface area contributed by atoms with E-state index in [0.717, 1.165) is 25.9 Å². The van der Waals surface area contributed by atoms with Crippen molar-refractivity contribution in [1.29, 1.82) is 0 Å². The lowest BCUT2D eigenvalue weighted by Crippen LogP contribution is -2.62. The minimum absolute atomic E-state index is 0.283. The molecule has 0 amide bonds. The SMILES string of the molecule is CCSO[C@H]1O[C@H](COC(C)=O)[C@@H](OC(C)=O)[C@H](OC(C)=O)[C@@H]1OC(C)=O. The summed E-state index contributed by atoms with van der Waals surface area (Å²) in [6.45, 7) is 6.23. The van der Waals surface area contributed by atoms with Crippen LogP contribution in [0.5, 0.6) is 0 Å².